The quantitative estimate of drug-likeness (QED) is 0.736. The van der Waals surface area contributed by atoms with Crippen molar-refractivity contribution in [3.8, 4) is 0 Å². The summed E-state index contributed by atoms with van der Waals surface area (Å²) >= 11 is 7.71. The Kier molecular flexibility index (Phi) is 3.64. The summed E-state index contributed by atoms with van der Waals surface area (Å²) < 4.78 is 0.130. The van der Waals surface area contributed by atoms with Crippen molar-refractivity contribution in [1.29, 1.82) is 0 Å². The smallest absolute Gasteiger partial charge is 0.254 e. The van der Waals surface area contributed by atoms with Gasteiger partial charge in [-0.15, -0.1) is 0 Å². The van der Waals surface area contributed by atoms with Gasteiger partial charge in [0.25, 0.3) is 5.91 Å². The summed E-state index contributed by atoms with van der Waals surface area (Å²) in [4.78, 5) is 18.0. The molecule has 1 aromatic heterocycles. The van der Waals surface area contributed by atoms with E-state index in [2.05, 4.69) is 18.8 Å². The van der Waals surface area contributed by atoms with Gasteiger partial charge in [0.15, 0.2) is 0 Å². The number of halogens is 1. The van der Waals surface area contributed by atoms with Crippen LogP contribution in [0.25, 0.3) is 0 Å². The SMILES string of the molecule is CC1(C)CN(C(=O)c2ccnc(Cl)c2)CCS1. The lowest BCUT2D eigenvalue weighted by atomic mass is 10.1. The zero-order valence-electron chi connectivity index (χ0n) is 9.94. The molecular weight excluding hydrogens is 256 g/mol. The Hall–Kier alpha value is -0.740. The first-order valence-electron chi connectivity index (χ1n) is 5.53. The van der Waals surface area contributed by atoms with Crippen LogP contribution in [-0.2, 0) is 0 Å². The first-order chi connectivity index (χ1) is 7.98. The summed E-state index contributed by atoms with van der Waals surface area (Å²) in [7, 11) is 0. The number of aromatic nitrogens is 1. The van der Waals surface area contributed by atoms with Gasteiger partial charge in [-0.05, 0) is 26.0 Å². The Labute approximate surface area is 111 Å². The molecule has 1 aliphatic heterocycles. The predicted octanol–water partition coefficient (Wildman–Crippen LogP) is 2.70. The summed E-state index contributed by atoms with van der Waals surface area (Å²) in [6, 6.07) is 3.33. The van der Waals surface area contributed by atoms with Crippen LogP contribution >= 0.6 is 23.4 Å². The van der Waals surface area contributed by atoms with Gasteiger partial charge >= 0.3 is 0 Å². The molecule has 1 fully saturated rings. The van der Waals surface area contributed by atoms with E-state index in [4.69, 9.17) is 11.6 Å². The molecular formula is C12H15ClN2OS. The van der Waals surface area contributed by atoms with E-state index in [-0.39, 0.29) is 10.7 Å². The molecule has 1 aromatic rings. The second kappa shape index (κ2) is 4.86. The van der Waals surface area contributed by atoms with Gasteiger partial charge in [-0.2, -0.15) is 11.8 Å². The van der Waals surface area contributed by atoms with Crippen LogP contribution in [0.4, 0.5) is 0 Å². The lowest BCUT2D eigenvalue weighted by molar-refractivity contribution is 0.0748. The largest absolute Gasteiger partial charge is 0.336 e. The van der Waals surface area contributed by atoms with Crippen LogP contribution in [0.3, 0.4) is 0 Å². The topological polar surface area (TPSA) is 33.2 Å². The monoisotopic (exact) mass is 270 g/mol. The van der Waals surface area contributed by atoms with Gasteiger partial charge < -0.3 is 4.90 Å². The van der Waals surface area contributed by atoms with Gasteiger partial charge in [0.05, 0.1) is 0 Å². The average Bonchev–Trinajstić information content (AvgIpc) is 2.26. The van der Waals surface area contributed by atoms with E-state index in [1.165, 1.54) is 0 Å². The number of pyridine rings is 1. The molecule has 1 saturated heterocycles. The van der Waals surface area contributed by atoms with Crippen molar-refractivity contribution in [1.82, 2.24) is 9.88 Å². The van der Waals surface area contributed by atoms with E-state index >= 15 is 0 Å². The average molecular weight is 271 g/mol. The molecule has 0 radical (unpaired) electrons. The van der Waals surface area contributed by atoms with Gasteiger partial charge in [-0.3, -0.25) is 4.79 Å². The van der Waals surface area contributed by atoms with Crippen molar-refractivity contribution in [2.24, 2.45) is 0 Å². The molecule has 17 heavy (non-hydrogen) atoms. The van der Waals surface area contributed by atoms with Crippen molar-refractivity contribution in [3.63, 3.8) is 0 Å². The molecule has 0 aromatic carbocycles. The van der Waals surface area contributed by atoms with E-state index in [1.807, 2.05) is 16.7 Å². The third-order valence-corrected chi connectivity index (χ3v) is 4.19. The van der Waals surface area contributed by atoms with Crippen LogP contribution in [0.1, 0.15) is 24.2 Å². The van der Waals surface area contributed by atoms with Crippen LogP contribution < -0.4 is 0 Å². The Bertz CT molecular complexity index is 436. The third kappa shape index (κ3) is 3.13. The fraction of sp³-hybridized carbons (Fsp3) is 0.500. The molecule has 0 spiro atoms. The molecule has 0 N–H and O–H groups in total. The van der Waals surface area contributed by atoms with Crippen molar-refractivity contribution >= 4 is 29.3 Å². The molecule has 0 bridgehead atoms. The third-order valence-electron chi connectivity index (χ3n) is 2.69. The van der Waals surface area contributed by atoms with Crippen LogP contribution in [0.15, 0.2) is 18.3 Å². The fourth-order valence-corrected chi connectivity index (χ4v) is 3.19. The van der Waals surface area contributed by atoms with E-state index in [9.17, 15) is 4.79 Å². The molecule has 0 atom stereocenters. The summed E-state index contributed by atoms with van der Waals surface area (Å²) in [6.07, 6.45) is 1.57. The summed E-state index contributed by atoms with van der Waals surface area (Å²) in [5.41, 5.74) is 0.618. The number of nitrogens with zero attached hydrogens (tertiary/aromatic N) is 2. The lowest BCUT2D eigenvalue weighted by Crippen LogP contribution is -2.46. The number of carbonyl (C=O) groups excluding carboxylic acids is 1. The van der Waals surface area contributed by atoms with Gasteiger partial charge in [0.2, 0.25) is 0 Å². The van der Waals surface area contributed by atoms with Gasteiger partial charge in [-0.1, -0.05) is 11.6 Å². The predicted molar refractivity (Wildman–Crippen MR) is 71.7 cm³/mol. The van der Waals surface area contributed by atoms with Crippen LogP contribution in [0.5, 0.6) is 0 Å². The fourth-order valence-electron chi connectivity index (χ4n) is 1.91. The minimum absolute atomic E-state index is 0.0441. The summed E-state index contributed by atoms with van der Waals surface area (Å²) in [5, 5.41) is 0.362. The van der Waals surface area contributed by atoms with Crippen LogP contribution in [-0.4, -0.2) is 39.4 Å². The normalized spacial score (nSPS) is 19.1. The Balaban J connectivity index is 2.15. The highest BCUT2D eigenvalue weighted by molar-refractivity contribution is 8.00. The highest BCUT2D eigenvalue weighted by atomic mass is 35.5. The van der Waals surface area contributed by atoms with Gasteiger partial charge in [0.1, 0.15) is 5.15 Å². The molecule has 0 saturated carbocycles. The molecule has 5 heteroatoms. The van der Waals surface area contributed by atoms with Crippen molar-refractivity contribution in [2.75, 3.05) is 18.8 Å². The van der Waals surface area contributed by atoms with E-state index in [0.29, 0.717) is 10.7 Å². The molecule has 1 aliphatic rings. The van der Waals surface area contributed by atoms with E-state index < -0.39 is 0 Å². The molecule has 0 aliphatic carbocycles. The number of carbonyl (C=O) groups is 1. The van der Waals surface area contributed by atoms with Gasteiger partial charge in [0, 0.05) is 35.3 Å². The maximum atomic E-state index is 12.3. The maximum Gasteiger partial charge on any atom is 0.254 e. The number of thioether (sulfide) groups is 1. The number of hydrogen-bond acceptors (Lipinski definition) is 3. The number of rotatable bonds is 1. The van der Waals surface area contributed by atoms with E-state index in [1.54, 1.807) is 18.3 Å². The van der Waals surface area contributed by atoms with Crippen molar-refractivity contribution in [3.05, 3.63) is 29.0 Å². The minimum Gasteiger partial charge on any atom is -0.336 e. The Morgan fingerprint density at radius 3 is 3.00 bits per heavy atom. The van der Waals surface area contributed by atoms with Crippen molar-refractivity contribution < 1.29 is 4.79 Å². The lowest BCUT2D eigenvalue weighted by Gasteiger charge is -2.37. The van der Waals surface area contributed by atoms with E-state index in [0.717, 1.165) is 18.8 Å². The summed E-state index contributed by atoms with van der Waals surface area (Å²) in [6.45, 7) is 5.90. The second-order valence-corrected chi connectivity index (χ2v) is 6.89. The Morgan fingerprint density at radius 2 is 2.35 bits per heavy atom. The van der Waals surface area contributed by atoms with Crippen LogP contribution in [0.2, 0.25) is 5.15 Å². The first-order valence-corrected chi connectivity index (χ1v) is 6.89. The Morgan fingerprint density at radius 1 is 1.59 bits per heavy atom. The minimum atomic E-state index is 0.0441. The highest BCUT2D eigenvalue weighted by Crippen LogP contribution is 2.30. The second-order valence-electron chi connectivity index (χ2n) is 4.70. The standard InChI is InChI=1S/C12H15ClN2OS/c1-12(2)8-15(5-6-17-12)11(16)9-3-4-14-10(13)7-9/h3-4,7H,5-6,8H2,1-2H3. The zero-order valence-corrected chi connectivity index (χ0v) is 11.5. The first kappa shape index (κ1) is 12.7. The molecule has 2 heterocycles. The maximum absolute atomic E-state index is 12.3. The van der Waals surface area contributed by atoms with Crippen molar-refractivity contribution in [2.45, 2.75) is 18.6 Å². The summed E-state index contributed by atoms with van der Waals surface area (Å²) in [5.74, 6) is 1.03. The molecule has 0 unspecified atom stereocenters. The molecule has 3 nitrogen and oxygen atoms in total. The zero-order chi connectivity index (χ0) is 12.5. The highest BCUT2D eigenvalue weighted by Gasteiger charge is 2.30. The van der Waals surface area contributed by atoms with Gasteiger partial charge in [-0.25, -0.2) is 4.98 Å². The molecule has 1 amide bonds. The van der Waals surface area contributed by atoms with Crippen LogP contribution in [0, 0.1) is 0 Å². The molecule has 2 rings (SSSR count). The number of hydrogen-bond donors (Lipinski definition) is 0. The number of amides is 1. The molecule has 92 valence electrons.